The van der Waals surface area contributed by atoms with Crippen molar-refractivity contribution in [1.29, 1.82) is 0 Å². The largest absolute Gasteiger partial charge is 0.363 e. The molecular weight excluding hydrogens is 576 g/mol. The van der Waals surface area contributed by atoms with Crippen molar-refractivity contribution in [2.45, 2.75) is 106 Å². The lowest BCUT2D eigenvalue weighted by atomic mass is 9.81. The number of carbonyl (C=O) groups is 6. The summed E-state index contributed by atoms with van der Waals surface area (Å²) in [4.78, 5) is 82.4. The van der Waals surface area contributed by atoms with Crippen molar-refractivity contribution in [3.63, 3.8) is 0 Å². The summed E-state index contributed by atoms with van der Waals surface area (Å²) in [5, 5.41) is 8.35. The van der Waals surface area contributed by atoms with Crippen LogP contribution in [0.5, 0.6) is 0 Å². The van der Waals surface area contributed by atoms with E-state index in [0.717, 1.165) is 12.8 Å². The minimum Gasteiger partial charge on any atom is -0.363 e. The van der Waals surface area contributed by atoms with Crippen LogP contribution in [0.2, 0.25) is 0 Å². The smallest absolute Gasteiger partial charge is 0.316 e. The van der Waals surface area contributed by atoms with Gasteiger partial charge >= 0.3 is 6.03 Å². The van der Waals surface area contributed by atoms with Crippen LogP contribution in [-0.2, 0) is 24.0 Å². The van der Waals surface area contributed by atoms with Gasteiger partial charge in [0.05, 0.1) is 6.04 Å². The average molecular weight is 633 g/mol. The lowest BCUT2D eigenvalue weighted by Crippen LogP contribution is -2.63. The zero-order valence-corrected chi connectivity index (χ0v) is 28.9. The molecular formula is C33H56N6O6. The first-order chi connectivity index (χ1) is 20.6. The molecule has 0 aromatic rings. The summed E-state index contributed by atoms with van der Waals surface area (Å²) in [7, 11) is 1.63. The van der Waals surface area contributed by atoms with Gasteiger partial charge in [0, 0.05) is 20.1 Å². The van der Waals surface area contributed by atoms with Crippen molar-refractivity contribution in [1.82, 2.24) is 25.8 Å². The third kappa shape index (κ3) is 9.77. The van der Waals surface area contributed by atoms with Gasteiger partial charge in [-0.05, 0) is 40.9 Å². The highest BCUT2D eigenvalue weighted by molar-refractivity contribution is 6.37. The molecule has 254 valence electrons. The van der Waals surface area contributed by atoms with E-state index in [1.165, 1.54) is 9.80 Å². The molecule has 0 aromatic heterocycles. The molecule has 1 heterocycles. The van der Waals surface area contributed by atoms with E-state index < -0.39 is 64.5 Å². The van der Waals surface area contributed by atoms with Crippen LogP contribution < -0.4 is 21.7 Å². The molecule has 2 aliphatic rings. The van der Waals surface area contributed by atoms with Gasteiger partial charge in [0.1, 0.15) is 18.1 Å². The molecule has 6 amide bonds. The molecule has 0 aromatic carbocycles. The molecule has 2 rings (SSSR count). The van der Waals surface area contributed by atoms with Crippen LogP contribution in [-0.4, -0.2) is 89.5 Å². The van der Waals surface area contributed by atoms with Gasteiger partial charge in [-0.3, -0.25) is 24.0 Å². The highest BCUT2D eigenvalue weighted by Gasteiger charge is 2.51. The number of nitrogens with zero attached hydrogens (tertiary/aromatic N) is 2. The Hall–Kier alpha value is -3.44. The number of rotatable bonds is 13. The topological polar surface area (TPSA) is 171 Å². The molecule has 1 saturated carbocycles. The summed E-state index contributed by atoms with van der Waals surface area (Å²) >= 11 is 0. The summed E-state index contributed by atoms with van der Waals surface area (Å²) < 4.78 is 0. The summed E-state index contributed by atoms with van der Waals surface area (Å²) in [6.07, 6.45) is 3.73. The molecule has 0 radical (unpaired) electrons. The fraction of sp³-hybridized carbons (Fsp3) is 0.758. The number of hydrogen-bond donors (Lipinski definition) is 4. The summed E-state index contributed by atoms with van der Waals surface area (Å²) in [5.74, 6) is -3.29. The normalized spacial score (nSPS) is 22.2. The fourth-order valence-corrected chi connectivity index (χ4v) is 6.25. The van der Waals surface area contributed by atoms with Crippen molar-refractivity contribution in [3.05, 3.63) is 12.7 Å². The second-order valence-corrected chi connectivity index (χ2v) is 15.4. The predicted octanol–water partition coefficient (Wildman–Crippen LogP) is 2.22. The van der Waals surface area contributed by atoms with E-state index in [-0.39, 0.29) is 36.1 Å². The maximum atomic E-state index is 14.4. The number of urea groups is 1. The molecule has 0 bridgehead atoms. The van der Waals surface area contributed by atoms with Crippen molar-refractivity contribution in [3.8, 4) is 0 Å². The Bertz CT molecular complexity index is 1150. The third-order valence-electron chi connectivity index (χ3n) is 8.86. The second kappa shape index (κ2) is 14.8. The standard InChI is InChI=1S/C33H56N6O6/c1-12-15-38(11)29(43)25(32(5,6)7)36-31(45)37-26(33(8,9)10)30(44)39-17-19(4)22(18(2)3)23(39)28(42)35-21(16-20-13-14-20)24(40)27(34)41/h12,18-23,25-26H,1,13-17H2,2-11H3,(H2,34,41)(H,35,42)(H2,36,37,45)/t19-,21?,22-,23-,25+,26+/m0/s1. The summed E-state index contributed by atoms with van der Waals surface area (Å²) in [6, 6.07) is -4.62. The number of amides is 6. The lowest BCUT2D eigenvalue weighted by Gasteiger charge is -2.38. The molecule has 5 N–H and O–H groups in total. The maximum absolute atomic E-state index is 14.4. The van der Waals surface area contributed by atoms with Crippen LogP contribution in [0.4, 0.5) is 4.79 Å². The second-order valence-electron chi connectivity index (χ2n) is 15.4. The minimum atomic E-state index is -1.11. The van der Waals surface area contributed by atoms with E-state index in [0.29, 0.717) is 13.0 Å². The molecule has 12 nitrogen and oxygen atoms in total. The van der Waals surface area contributed by atoms with Crippen LogP contribution >= 0.6 is 0 Å². The number of Topliss-reactive ketones (excluding diaryl/α,β-unsaturated/α-hetero) is 1. The maximum Gasteiger partial charge on any atom is 0.316 e. The third-order valence-corrected chi connectivity index (χ3v) is 8.86. The minimum absolute atomic E-state index is 0.0118. The van der Waals surface area contributed by atoms with Crippen molar-refractivity contribution < 1.29 is 28.8 Å². The van der Waals surface area contributed by atoms with Crippen LogP contribution in [0.3, 0.4) is 0 Å². The van der Waals surface area contributed by atoms with Crippen LogP contribution in [0.15, 0.2) is 12.7 Å². The van der Waals surface area contributed by atoms with Crippen LogP contribution in [0, 0.1) is 34.5 Å². The number of likely N-dealkylation sites (tertiary alicyclic amines) is 1. The number of likely N-dealkylation sites (N-methyl/N-ethyl adjacent to an activating group) is 1. The quantitative estimate of drug-likeness (QED) is 0.179. The zero-order valence-electron chi connectivity index (χ0n) is 28.9. The number of hydrogen-bond acceptors (Lipinski definition) is 6. The number of nitrogens with two attached hydrogens (primary N) is 1. The Kier molecular flexibility index (Phi) is 12.4. The molecule has 1 aliphatic carbocycles. The number of nitrogens with one attached hydrogen (secondary N) is 3. The Morgan fingerprint density at radius 3 is 1.93 bits per heavy atom. The Labute approximate surface area is 268 Å². The first-order valence-electron chi connectivity index (χ1n) is 16.0. The van der Waals surface area contributed by atoms with Gasteiger partial charge < -0.3 is 31.5 Å². The van der Waals surface area contributed by atoms with Crippen LogP contribution in [0.1, 0.15) is 81.6 Å². The van der Waals surface area contributed by atoms with Gasteiger partial charge in [-0.25, -0.2) is 4.79 Å². The molecule has 12 heteroatoms. The highest BCUT2D eigenvalue weighted by Crippen LogP contribution is 2.38. The fourth-order valence-electron chi connectivity index (χ4n) is 6.25. The first-order valence-corrected chi connectivity index (χ1v) is 16.0. The van der Waals surface area contributed by atoms with Gasteiger partial charge in [0.25, 0.3) is 5.91 Å². The predicted molar refractivity (Wildman–Crippen MR) is 172 cm³/mol. The van der Waals surface area contributed by atoms with E-state index >= 15 is 0 Å². The molecule has 45 heavy (non-hydrogen) atoms. The van der Waals surface area contributed by atoms with Gasteiger partial charge in [-0.15, -0.1) is 6.58 Å². The first kappa shape index (κ1) is 37.7. The Morgan fingerprint density at radius 2 is 1.49 bits per heavy atom. The van der Waals surface area contributed by atoms with E-state index in [1.807, 2.05) is 62.3 Å². The van der Waals surface area contributed by atoms with Crippen molar-refractivity contribution in [2.75, 3.05) is 20.1 Å². The lowest BCUT2D eigenvalue weighted by molar-refractivity contribution is -0.144. The van der Waals surface area contributed by atoms with E-state index in [9.17, 15) is 28.8 Å². The number of primary amides is 1. The zero-order chi connectivity index (χ0) is 34.6. The van der Waals surface area contributed by atoms with Crippen molar-refractivity contribution >= 4 is 35.4 Å². The van der Waals surface area contributed by atoms with E-state index in [2.05, 4.69) is 22.5 Å². The number of carbonyl (C=O) groups excluding carboxylic acids is 6. The Morgan fingerprint density at radius 1 is 0.956 bits per heavy atom. The number of ketones is 1. The molecule has 1 saturated heterocycles. The molecule has 1 unspecified atom stereocenters. The molecule has 0 spiro atoms. The van der Waals surface area contributed by atoms with Crippen LogP contribution in [0.25, 0.3) is 0 Å². The Balaban J connectivity index is 2.39. The SMILES string of the molecule is C=CCN(C)C(=O)[C@@H](NC(=O)N[C@H](C(=O)N1C[C@H](C)[C@H](C(C)C)[C@H]1C(=O)NC(CC1CC1)C(=O)C(N)=O)C(C)(C)C)C(C)(C)C. The molecule has 1 aliphatic heterocycles. The summed E-state index contributed by atoms with van der Waals surface area (Å²) in [5.41, 5.74) is 3.89. The van der Waals surface area contributed by atoms with Gasteiger partial charge in [-0.1, -0.05) is 81.2 Å². The van der Waals surface area contributed by atoms with E-state index in [1.54, 1.807) is 13.1 Å². The van der Waals surface area contributed by atoms with Gasteiger partial charge in [0.2, 0.25) is 23.5 Å². The molecule has 2 fully saturated rings. The van der Waals surface area contributed by atoms with E-state index in [4.69, 9.17) is 5.73 Å². The molecule has 6 atom stereocenters. The average Bonchev–Trinajstić information content (AvgIpc) is 3.65. The summed E-state index contributed by atoms with van der Waals surface area (Å²) in [6.45, 7) is 21.1. The monoisotopic (exact) mass is 632 g/mol. The highest BCUT2D eigenvalue weighted by atomic mass is 16.2. The van der Waals surface area contributed by atoms with Gasteiger partial charge in [-0.2, -0.15) is 0 Å². The van der Waals surface area contributed by atoms with Crippen molar-refractivity contribution in [2.24, 2.45) is 40.2 Å². The van der Waals surface area contributed by atoms with Gasteiger partial charge in [0.15, 0.2) is 0 Å².